The second-order valence-corrected chi connectivity index (χ2v) is 9.49. The van der Waals surface area contributed by atoms with E-state index < -0.39 is 10.0 Å². The van der Waals surface area contributed by atoms with Gasteiger partial charge >= 0.3 is 0 Å². The van der Waals surface area contributed by atoms with Gasteiger partial charge in [0, 0.05) is 38.3 Å². The zero-order chi connectivity index (χ0) is 19.8. The van der Waals surface area contributed by atoms with Crippen LogP contribution in [0.15, 0.2) is 35.2 Å². The molecule has 2 aromatic rings. The second-order valence-electron chi connectivity index (χ2n) is 6.80. The van der Waals surface area contributed by atoms with Gasteiger partial charge in [0.05, 0.1) is 10.0 Å². The van der Waals surface area contributed by atoms with Gasteiger partial charge in [0.25, 0.3) is 0 Å². The fourth-order valence-electron chi connectivity index (χ4n) is 3.21. The van der Waals surface area contributed by atoms with Crippen molar-refractivity contribution in [3.8, 4) is 5.75 Å². The van der Waals surface area contributed by atoms with Crippen LogP contribution in [0.25, 0.3) is 0 Å². The largest absolute Gasteiger partial charge is 0.508 e. The lowest BCUT2D eigenvalue weighted by Crippen LogP contribution is -2.48. The Morgan fingerprint density at radius 2 is 1.56 bits per heavy atom. The molecular weight excluding hydrogens is 407 g/mol. The Morgan fingerprint density at radius 1 is 1.00 bits per heavy atom. The third kappa shape index (κ3) is 4.25. The van der Waals surface area contributed by atoms with Gasteiger partial charge in [0.1, 0.15) is 10.6 Å². The van der Waals surface area contributed by atoms with Gasteiger partial charge in [-0.1, -0.05) is 35.3 Å². The average Bonchev–Trinajstić information content (AvgIpc) is 2.60. The number of aryl methyl sites for hydroxylation is 2. The fourth-order valence-corrected chi connectivity index (χ4v) is 5.73. The molecule has 0 aromatic heterocycles. The number of rotatable bonds is 4. The lowest BCUT2D eigenvalue weighted by Gasteiger charge is -2.34. The number of sulfonamides is 1. The molecule has 0 aliphatic carbocycles. The van der Waals surface area contributed by atoms with Crippen LogP contribution < -0.4 is 0 Å². The molecule has 5 nitrogen and oxygen atoms in total. The van der Waals surface area contributed by atoms with Crippen molar-refractivity contribution in [3.63, 3.8) is 0 Å². The highest BCUT2D eigenvalue weighted by Gasteiger charge is 2.32. The van der Waals surface area contributed by atoms with E-state index >= 15 is 0 Å². The number of piperazine rings is 1. The summed E-state index contributed by atoms with van der Waals surface area (Å²) >= 11 is 12.2. The predicted octanol–water partition coefficient (Wildman–Crippen LogP) is 3.82. The Hall–Kier alpha value is -1.31. The highest BCUT2D eigenvalue weighted by atomic mass is 35.5. The van der Waals surface area contributed by atoms with E-state index in [0.29, 0.717) is 32.7 Å². The molecule has 1 saturated heterocycles. The molecule has 0 bridgehead atoms. The Kier molecular flexibility index (Phi) is 6.03. The normalized spacial score (nSPS) is 16.6. The Labute approximate surface area is 170 Å². The van der Waals surface area contributed by atoms with Gasteiger partial charge < -0.3 is 5.11 Å². The zero-order valence-electron chi connectivity index (χ0n) is 15.2. The summed E-state index contributed by atoms with van der Waals surface area (Å²) in [5, 5.41) is 10.4. The highest BCUT2D eigenvalue weighted by molar-refractivity contribution is 7.89. The molecule has 1 N–H and O–H groups in total. The van der Waals surface area contributed by atoms with Gasteiger partial charge in [0.15, 0.2) is 0 Å². The summed E-state index contributed by atoms with van der Waals surface area (Å²) in [6, 6.07) is 8.43. The minimum absolute atomic E-state index is 0.0337. The SMILES string of the molecule is Cc1cc(O)c(CN2CCN(S(=O)(=O)c3c(Cl)cccc3Cl)CC2)cc1C. The van der Waals surface area contributed by atoms with Crippen LogP contribution in [-0.2, 0) is 16.6 Å². The van der Waals surface area contributed by atoms with E-state index in [1.165, 1.54) is 16.4 Å². The molecule has 1 fully saturated rings. The molecule has 146 valence electrons. The number of phenolic OH excluding ortho intramolecular Hbond substituents is 1. The number of aromatic hydroxyl groups is 1. The number of nitrogens with zero attached hydrogens (tertiary/aromatic N) is 2. The number of hydrogen-bond acceptors (Lipinski definition) is 4. The molecule has 0 spiro atoms. The Balaban J connectivity index is 1.71. The maximum absolute atomic E-state index is 12.9. The van der Waals surface area contributed by atoms with Crippen molar-refractivity contribution in [3.05, 3.63) is 57.1 Å². The quantitative estimate of drug-likeness (QED) is 0.803. The smallest absolute Gasteiger partial charge is 0.246 e. The predicted molar refractivity (Wildman–Crippen MR) is 108 cm³/mol. The van der Waals surface area contributed by atoms with Crippen LogP contribution in [0.5, 0.6) is 5.75 Å². The Bertz CT molecular complexity index is 935. The van der Waals surface area contributed by atoms with E-state index in [2.05, 4.69) is 4.90 Å². The third-order valence-electron chi connectivity index (χ3n) is 4.94. The topological polar surface area (TPSA) is 60.9 Å². The van der Waals surface area contributed by atoms with Crippen molar-refractivity contribution < 1.29 is 13.5 Å². The molecule has 0 atom stereocenters. The lowest BCUT2D eigenvalue weighted by molar-refractivity contribution is 0.180. The van der Waals surface area contributed by atoms with Crippen LogP contribution in [0.3, 0.4) is 0 Å². The molecule has 27 heavy (non-hydrogen) atoms. The first-order valence-corrected chi connectivity index (χ1v) is 10.9. The molecule has 3 rings (SSSR count). The van der Waals surface area contributed by atoms with Crippen molar-refractivity contribution in [2.45, 2.75) is 25.3 Å². The summed E-state index contributed by atoms with van der Waals surface area (Å²) < 4.78 is 27.3. The monoisotopic (exact) mass is 428 g/mol. The van der Waals surface area contributed by atoms with E-state index in [9.17, 15) is 13.5 Å². The number of benzene rings is 2. The molecule has 0 saturated carbocycles. The molecule has 1 heterocycles. The van der Waals surface area contributed by atoms with E-state index in [-0.39, 0.29) is 20.7 Å². The first kappa shape index (κ1) is 20.4. The van der Waals surface area contributed by atoms with E-state index in [0.717, 1.165) is 16.7 Å². The van der Waals surface area contributed by atoms with Gasteiger partial charge in [-0.2, -0.15) is 4.31 Å². The van der Waals surface area contributed by atoms with Crippen LogP contribution >= 0.6 is 23.2 Å². The van der Waals surface area contributed by atoms with E-state index in [1.807, 2.05) is 19.9 Å². The van der Waals surface area contributed by atoms with Crippen LogP contribution in [0, 0.1) is 13.8 Å². The van der Waals surface area contributed by atoms with Gasteiger partial charge in [-0.05, 0) is 43.2 Å². The molecule has 1 aliphatic heterocycles. The van der Waals surface area contributed by atoms with Crippen molar-refractivity contribution in [1.29, 1.82) is 0 Å². The average molecular weight is 429 g/mol. The minimum Gasteiger partial charge on any atom is -0.508 e. The van der Waals surface area contributed by atoms with Crippen LogP contribution in [0.2, 0.25) is 10.0 Å². The molecule has 0 radical (unpaired) electrons. The second kappa shape index (κ2) is 7.97. The van der Waals surface area contributed by atoms with Gasteiger partial charge in [-0.3, -0.25) is 4.90 Å². The van der Waals surface area contributed by atoms with Crippen LogP contribution in [0.1, 0.15) is 16.7 Å². The summed E-state index contributed by atoms with van der Waals surface area (Å²) in [4.78, 5) is 2.10. The maximum atomic E-state index is 12.9. The molecule has 0 amide bonds. The lowest BCUT2D eigenvalue weighted by atomic mass is 10.0. The van der Waals surface area contributed by atoms with Crippen molar-refractivity contribution in [2.75, 3.05) is 26.2 Å². The summed E-state index contributed by atoms with van der Waals surface area (Å²) in [7, 11) is -3.75. The summed E-state index contributed by atoms with van der Waals surface area (Å²) in [6.07, 6.45) is 0. The maximum Gasteiger partial charge on any atom is 0.246 e. The molecule has 1 aliphatic rings. The molecule has 2 aromatic carbocycles. The van der Waals surface area contributed by atoms with E-state index in [1.54, 1.807) is 12.1 Å². The number of phenols is 1. The van der Waals surface area contributed by atoms with Crippen LogP contribution in [0.4, 0.5) is 0 Å². The van der Waals surface area contributed by atoms with Crippen LogP contribution in [-0.4, -0.2) is 48.9 Å². The zero-order valence-corrected chi connectivity index (χ0v) is 17.6. The van der Waals surface area contributed by atoms with E-state index in [4.69, 9.17) is 23.2 Å². The standard InChI is InChI=1S/C19H22Cl2N2O3S/c1-13-10-15(18(24)11-14(13)2)12-22-6-8-23(9-7-22)27(25,26)19-16(20)4-3-5-17(19)21/h3-5,10-11,24H,6-9,12H2,1-2H3. The summed E-state index contributed by atoms with van der Waals surface area (Å²) in [5.74, 6) is 0.274. The number of halogens is 2. The number of hydrogen-bond donors (Lipinski definition) is 1. The first-order valence-electron chi connectivity index (χ1n) is 8.66. The molecule has 0 unspecified atom stereocenters. The molecular formula is C19H22Cl2N2O3S. The summed E-state index contributed by atoms with van der Waals surface area (Å²) in [6.45, 7) is 6.36. The van der Waals surface area contributed by atoms with Crippen molar-refractivity contribution in [1.82, 2.24) is 9.21 Å². The third-order valence-corrected chi connectivity index (χ3v) is 7.79. The van der Waals surface area contributed by atoms with Gasteiger partial charge in [-0.15, -0.1) is 0 Å². The minimum atomic E-state index is -3.75. The highest BCUT2D eigenvalue weighted by Crippen LogP contribution is 2.32. The van der Waals surface area contributed by atoms with Gasteiger partial charge in [0.2, 0.25) is 10.0 Å². The molecule has 8 heteroatoms. The summed E-state index contributed by atoms with van der Waals surface area (Å²) in [5.41, 5.74) is 3.02. The van der Waals surface area contributed by atoms with Crippen molar-refractivity contribution >= 4 is 33.2 Å². The van der Waals surface area contributed by atoms with Gasteiger partial charge in [-0.25, -0.2) is 8.42 Å². The first-order chi connectivity index (χ1) is 12.7. The fraction of sp³-hybridized carbons (Fsp3) is 0.368. The Morgan fingerprint density at radius 3 is 2.15 bits per heavy atom. The van der Waals surface area contributed by atoms with Crippen molar-refractivity contribution in [2.24, 2.45) is 0 Å².